The molecule has 166 valence electrons. The van der Waals surface area contributed by atoms with Crippen molar-refractivity contribution >= 4 is 28.8 Å². The number of hydrogen-bond acceptors (Lipinski definition) is 7. The lowest BCUT2D eigenvalue weighted by Crippen LogP contribution is -2.39. The summed E-state index contributed by atoms with van der Waals surface area (Å²) >= 11 is 1.55. The number of benzene rings is 1. The Bertz CT molecular complexity index is 990. The van der Waals surface area contributed by atoms with Crippen LogP contribution >= 0.6 is 11.3 Å². The van der Waals surface area contributed by atoms with Crippen LogP contribution in [0.25, 0.3) is 5.57 Å². The third-order valence-electron chi connectivity index (χ3n) is 4.63. The fourth-order valence-corrected chi connectivity index (χ4v) is 3.91. The van der Waals surface area contributed by atoms with Crippen LogP contribution in [-0.2, 0) is 11.3 Å². The van der Waals surface area contributed by atoms with Gasteiger partial charge >= 0.3 is 6.09 Å². The van der Waals surface area contributed by atoms with Crippen LogP contribution in [0.1, 0.15) is 55.2 Å². The topological polar surface area (TPSA) is 78.0 Å². The van der Waals surface area contributed by atoms with E-state index in [1.54, 1.807) is 41.5 Å². The number of aromatic nitrogens is 1. The Morgan fingerprint density at radius 1 is 1.23 bits per heavy atom. The molecule has 31 heavy (non-hydrogen) atoms. The molecule has 3 rings (SSSR count). The van der Waals surface area contributed by atoms with Crippen molar-refractivity contribution in [3.63, 3.8) is 0 Å². The van der Waals surface area contributed by atoms with E-state index in [9.17, 15) is 9.59 Å². The number of carbonyl (C=O) groups is 2. The number of carbonyl (C=O) groups excluding carboxylic acids is 2. The third kappa shape index (κ3) is 6.07. The number of Topliss-reactive ketones (excluding diaryl/α,β-unsaturated/α-hetero) is 1. The molecule has 1 aliphatic rings. The molecule has 1 aliphatic heterocycles. The number of nitrogens with zero attached hydrogens (tertiary/aromatic N) is 2. The molecule has 1 aromatic heterocycles. The second-order valence-corrected chi connectivity index (χ2v) is 9.12. The summed E-state index contributed by atoms with van der Waals surface area (Å²) in [6.45, 7) is 8.47. The van der Waals surface area contributed by atoms with E-state index < -0.39 is 5.60 Å². The van der Waals surface area contributed by atoms with Gasteiger partial charge in [0, 0.05) is 24.0 Å². The van der Waals surface area contributed by atoms with Crippen LogP contribution < -0.4 is 9.47 Å². The molecule has 2 aromatic rings. The SMILES string of the molecule is COc1ccc(C(C)=O)cc1OCc1csc(C2=CCN(C(=O)OC(C)(C)C)CC2)n1. The Balaban J connectivity index is 1.62. The van der Waals surface area contributed by atoms with E-state index in [1.165, 1.54) is 6.92 Å². The van der Waals surface area contributed by atoms with Gasteiger partial charge in [-0.05, 0) is 57.9 Å². The molecule has 2 heterocycles. The van der Waals surface area contributed by atoms with Crippen molar-refractivity contribution in [2.24, 2.45) is 0 Å². The number of methoxy groups -OCH3 is 1. The number of ketones is 1. The van der Waals surface area contributed by atoms with Gasteiger partial charge < -0.3 is 19.1 Å². The average molecular weight is 445 g/mol. The van der Waals surface area contributed by atoms with Crippen molar-refractivity contribution < 1.29 is 23.8 Å². The van der Waals surface area contributed by atoms with Crippen LogP contribution in [0.15, 0.2) is 29.7 Å². The fourth-order valence-electron chi connectivity index (χ4n) is 3.04. The first-order chi connectivity index (χ1) is 14.7. The van der Waals surface area contributed by atoms with Crippen molar-refractivity contribution in [3.05, 3.63) is 45.9 Å². The highest BCUT2D eigenvalue weighted by Crippen LogP contribution is 2.30. The standard InChI is InChI=1S/C23H28N2O5S/c1-15(26)17-6-7-19(28-5)20(12-17)29-13-18-14-31-21(24-18)16-8-10-25(11-9-16)22(27)30-23(2,3)4/h6-8,12,14H,9-11,13H2,1-5H3. The summed E-state index contributed by atoms with van der Waals surface area (Å²) in [7, 11) is 1.56. The lowest BCUT2D eigenvalue weighted by Gasteiger charge is -2.29. The molecule has 1 aromatic carbocycles. The first-order valence-electron chi connectivity index (χ1n) is 10.1. The van der Waals surface area contributed by atoms with E-state index in [-0.39, 0.29) is 18.5 Å². The third-order valence-corrected chi connectivity index (χ3v) is 5.60. The molecule has 1 amide bonds. The van der Waals surface area contributed by atoms with Gasteiger partial charge in [-0.15, -0.1) is 11.3 Å². The van der Waals surface area contributed by atoms with Crippen LogP contribution in [0.4, 0.5) is 4.79 Å². The number of amides is 1. The zero-order valence-corrected chi connectivity index (χ0v) is 19.4. The van der Waals surface area contributed by atoms with E-state index in [1.807, 2.05) is 32.2 Å². The van der Waals surface area contributed by atoms with Gasteiger partial charge in [-0.25, -0.2) is 9.78 Å². The summed E-state index contributed by atoms with van der Waals surface area (Å²) in [4.78, 5) is 30.2. The number of thiazole rings is 1. The highest BCUT2D eigenvalue weighted by atomic mass is 32.1. The lowest BCUT2D eigenvalue weighted by atomic mass is 10.1. The van der Waals surface area contributed by atoms with Crippen molar-refractivity contribution in [3.8, 4) is 11.5 Å². The van der Waals surface area contributed by atoms with Crippen molar-refractivity contribution in [1.29, 1.82) is 0 Å². The van der Waals surface area contributed by atoms with Crippen LogP contribution in [0.2, 0.25) is 0 Å². The molecule has 0 saturated carbocycles. The number of ether oxygens (including phenoxy) is 3. The maximum absolute atomic E-state index is 12.2. The highest BCUT2D eigenvalue weighted by molar-refractivity contribution is 7.10. The molecule has 8 heteroatoms. The van der Waals surface area contributed by atoms with Crippen LogP contribution in [-0.4, -0.2) is 47.6 Å². The highest BCUT2D eigenvalue weighted by Gasteiger charge is 2.24. The Labute approximate surface area is 186 Å². The predicted molar refractivity (Wildman–Crippen MR) is 120 cm³/mol. The molecule has 0 unspecified atom stereocenters. The normalized spacial score (nSPS) is 14.1. The van der Waals surface area contributed by atoms with E-state index >= 15 is 0 Å². The van der Waals surface area contributed by atoms with E-state index in [0.717, 1.165) is 22.7 Å². The first kappa shape index (κ1) is 22.8. The minimum Gasteiger partial charge on any atom is -0.493 e. The Morgan fingerprint density at radius 2 is 2.00 bits per heavy atom. The molecule has 0 aliphatic carbocycles. The molecule has 0 radical (unpaired) electrons. The fraction of sp³-hybridized carbons (Fsp3) is 0.435. The molecule has 0 spiro atoms. The minimum absolute atomic E-state index is 0.0342. The molecule has 0 bridgehead atoms. The zero-order valence-electron chi connectivity index (χ0n) is 18.6. The maximum Gasteiger partial charge on any atom is 0.410 e. The summed E-state index contributed by atoms with van der Waals surface area (Å²) in [6, 6.07) is 5.12. The van der Waals surface area contributed by atoms with Crippen molar-refractivity contribution in [1.82, 2.24) is 9.88 Å². The second-order valence-electron chi connectivity index (χ2n) is 8.26. The minimum atomic E-state index is -0.502. The second kappa shape index (κ2) is 9.51. The monoisotopic (exact) mass is 444 g/mol. The summed E-state index contributed by atoms with van der Waals surface area (Å²) in [5.41, 5.74) is 1.98. The van der Waals surface area contributed by atoms with E-state index in [2.05, 4.69) is 4.98 Å². The molecule has 0 atom stereocenters. The molecule has 7 nitrogen and oxygen atoms in total. The smallest absolute Gasteiger partial charge is 0.410 e. The number of hydrogen-bond donors (Lipinski definition) is 0. The summed E-state index contributed by atoms with van der Waals surface area (Å²) < 4.78 is 16.6. The predicted octanol–water partition coefficient (Wildman–Crippen LogP) is 4.96. The van der Waals surface area contributed by atoms with Gasteiger partial charge in [0.25, 0.3) is 0 Å². The Hall–Kier alpha value is -2.87. The molecular weight excluding hydrogens is 416 g/mol. The zero-order chi connectivity index (χ0) is 22.6. The first-order valence-corrected chi connectivity index (χ1v) is 11.0. The quantitative estimate of drug-likeness (QED) is 0.586. The summed E-state index contributed by atoms with van der Waals surface area (Å²) in [5.74, 6) is 1.04. The van der Waals surface area contributed by atoms with Crippen molar-refractivity contribution in [2.45, 2.75) is 46.3 Å². The van der Waals surface area contributed by atoms with Crippen LogP contribution in [0, 0.1) is 0 Å². The molecule has 0 saturated heterocycles. The van der Waals surface area contributed by atoms with Gasteiger partial charge in [-0.3, -0.25) is 4.79 Å². The average Bonchev–Trinajstić information content (AvgIpc) is 3.20. The summed E-state index contributed by atoms with van der Waals surface area (Å²) in [5, 5.41) is 2.88. The van der Waals surface area contributed by atoms with Gasteiger partial charge in [0.15, 0.2) is 17.3 Å². The maximum atomic E-state index is 12.2. The van der Waals surface area contributed by atoms with Crippen molar-refractivity contribution in [2.75, 3.05) is 20.2 Å². The molecular formula is C23H28N2O5S. The summed E-state index contributed by atoms with van der Waals surface area (Å²) in [6.07, 6.45) is 2.45. The largest absolute Gasteiger partial charge is 0.493 e. The Morgan fingerprint density at radius 3 is 2.61 bits per heavy atom. The van der Waals surface area contributed by atoms with Gasteiger partial charge in [-0.1, -0.05) is 6.08 Å². The lowest BCUT2D eigenvalue weighted by molar-refractivity contribution is 0.0270. The van der Waals surface area contributed by atoms with Crippen LogP contribution in [0.3, 0.4) is 0 Å². The van der Waals surface area contributed by atoms with Gasteiger partial charge in [0.1, 0.15) is 17.2 Å². The van der Waals surface area contributed by atoms with E-state index in [4.69, 9.17) is 14.2 Å². The van der Waals surface area contributed by atoms with Gasteiger partial charge in [0.2, 0.25) is 0 Å². The number of rotatable bonds is 6. The van der Waals surface area contributed by atoms with Gasteiger partial charge in [-0.2, -0.15) is 0 Å². The van der Waals surface area contributed by atoms with Crippen LogP contribution in [0.5, 0.6) is 11.5 Å². The molecule has 0 N–H and O–H groups in total. The van der Waals surface area contributed by atoms with E-state index in [0.29, 0.717) is 30.2 Å². The van der Waals surface area contributed by atoms with Gasteiger partial charge in [0.05, 0.1) is 12.8 Å². The molecule has 0 fully saturated rings. The Kier molecular flexibility index (Phi) is 7.00.